The van der Waals surface area contributed by atoms with Gasteiger partial charge in [-0.15, -0.1) is 0 Å². The van der Waals surface area contributed by atoms with Crippen LogP contribution in [0.1, 0.15) is 58.1 Å². The molecule has 1 unspecified atom stereocenters. The van der Waals surface area contributed by atoms with Crippen LogP contribution >= 0.6 is 0 Å². The monoisotopic (exact) mass is 589 g/mol. The second kappa shape index (κ2) is 11.8. The molecule has 9 nitrogen and oxygen atoms in total. The van der Waals surface area contributed by atoms with Gasteiger partial charge in [0, 0.05) is 30.3 Å². The SMILES string of the molecule is COc1cc(C(O)NC2CCN(C)CC2)c(F)cc1Nc1ncc(C(F)(F)F)c(Oc2ccc(C)c3c2C(=O)CC3)n1. The van der Waals surface area contributed by atoms with Gasteiger partial charge in [-0.2, -0.15) is 18.2 Å². The van der Waals surface area contributed by atoms with Crippen LogP contribution in [0.2, 0.25) is 0 Å². The van der Waals surface area contributed by atoms with Crippen LogP contribution in [0.3, 0.4) is 0 Å². The number of aliphatic hydroxyl groups excluding tert-OH is 1. The van der Waals surface area contributed by atoms with Crippen molar-refractivity contribution in [1.82, 2.24) is 20.2 Å². The summed E-state index contributed by atoms with van der Waals surface area (Å²) in [4.78, 5) is 22.4. The van der Waals surface area contributed by atoms with Crippen LogP contribution in [0.4, 0.5) is 29.2 Å². The van der Waals surface area contributed by atoms with Crippen LogP contribution in [-0.2, 0) is 12.6 Å². The second-order valence-corrected chi connectivity index (χ2v) is 10.5. The summed E-state index contributed by atoms with van der Waals surface area (Å²) in [6, 6.07) is 5.46. The second-order valence-electron chi connectivity index (χ2n) is 10.5. The number of ketones is 1. The lowest BCUT2D eigenvalue weighted by Crippen LogP contribution is -2.42. The molecule has 2 heterocycles. The topological polar surface area (TPSA) is 109 Å². The molecule has 1 fully saturated rings. The van der Waals surface area contributed by atoms with Crippen molar-refractivity contribution < 1.29 is 36.9 Å². The molecule has 0 amide bonds. The van der Waals surface area contributed by atoms with Gasteiger partial charge in [-0.1, -0.05) is 6.07 Å². The summed E-state index contributed by atoms with van der Waals surface area (Å²) in [6.07, 6.45) is -3.31. The molecule has 3 N–H and O–H groups in total. The van der Waals surface area contributed by atoms with E-state index in [1.165, 1.54) is 19.2 Å². The molecule has 5 rings (SSSR count). The number of carbonyl (C=O) groups is 1. The third-order valence-electron chi connectivity index (χ3n) is 7.63. The van der Waals surface area contributed by atoms with E-state index in [-0.39, 0.29) is 52.5 Å². The van der Waals surface area contributed by atoms with Crippen molar-refractivity contribution in [2.75, 3.05) is 32.6 Å². The maximum absolute atomic E-state index is 15.2. The number of hydrogen-bond acceptors (Lipinski definition) is 9. The van der Waals surface area contributed by atoms with Crippen LogP contribution in [-0.4, -0.2) is 59.0 Å². The fourth-order valence-corrected chi connectivity index (χ4v) is 5.26. The molecule has 0 saturated carbocycles. The molecule has 1 aromatic heterocycles. The number of benzene rings is 2. The zero-order valence-electron chi connectivity index (χ0n) is 23.3. The molecule has 2 aliphatic rings. The molecule has 42 heavy (non-hydrogen) atoms. The summed E-state index contributed by atoms with van der Waals surface area (Å²) < 4.78 is 67.7. The molecule has 3 aromatic rings. The number of likely N-dealkylation sites (tertiary alicyclic amines) is 1. The van der Waals surface area contributed by atoms with Gasteiger partial charge in [0.2, 0.25) is 11.8 Å². The molecule has 224 valence electrons. The molecule has 0 spiro atoms. The highest BCUT2D eigenvalue weighted by Gasteiger charge is 2.37. The van der Waals surface area contributed by atoms with Crippen molar-refractivity contribution in [2.24, 2.45) is 0 Å². The van der Waals surface area contributed by atoms with Crippen molar-refractivity contribution in [3.05, 3.63) is 64.1 Å². The Balaban J connectivity index is 1.42. The van der Waals surface area contributed by atoms with Gasteiger partial charge in [0.15, 0.2) is 5.78 Å². The van der Waals surface area contributed by atoms with Gasteiger partial charge < -0.3 is 24.8 Å². The Bertz CT molecular complexity index is 1490. The minimum absolute atomic E-state index is 0.00317. The number of aromatic nitrogens is 2. The third kappa shape index (κ3) is 6.18. The largest absolute Gasteiger partial charge is 0.495 e. The maximum atomic E-state index is 15.2. The van der Waals surface area contributed by atoms with Crippen molar-refractivity contribution in [2.45, 2.75) is 51.1 Å². The number of aliphatic hydroxyl groups is 1. The summed E-state index contributed by atoms with van der Waals surface area (Å²) in [5, 5.41) is 16.4. The lowest BCUT2D eigenvalue weighted by Gasteiger charge is -2.31. The Morgan fingerprint density at radius 1 is 1.14 bits per heavy atom. The molecule has 13 heteroatoms. The van der Waals surface area contributed by atoms with E-state index in [4.69, 9.17) is 9.47 Å². The van der Waals surface area contributed by atoms with Gasteiger partial charge in [-0.3, -0.25) is 10.1 Å². The van der Waals surface area contributed by atoms with Crippen molar-refractivity contribution in [1.29, 1.82) is 0 Å². The molecule has 0 radical (unpaired) electrons. The Kier molecular flexibility index (Phi) is 8.35. The molecule has 1 aliphatic heterocycles. The van der Waals surface area contributed by atoms with Crippen molar-refractivity contribution in [3.8, 4) is 17.4 Å². The predicted molar refractivity (Wildman–Crippen MR) is 146 cm³/mol. The van der Waals surface area contributed by atoms with Crippen molar-refractivity contribution in [3.63, 3.8) is 0 Å². The highest BCUT2D eigenvalue weighted by molar-refractivity contribution is 6.03. The van der Waals surface area contributed by atoms with E-state index in [0.29, 0.717) is 12.6 Å². The number of aryl methyl sites for hydroxylation is 1. The lowest BCUT2D eigenvalue weighted by atomic mass is 10.0. The molecule has 0 bridgehead atoms. The number of hydrogen-bond donors (Lipinski definition) is 3. The summed E-state index contributed by atoms with van der Waals surface area (Å²) in [6.45, 7) is 3.51. The van der Waals surface area contributed by atoms with E-state index in [0.717, 1.165) is 43.1 Å². The molecular weight excluding hydrogens is 558 g/mol. The number of anilines is 2. The maximum Gasteiger partial charge on any atom is 0.423 e. The fourth-order valence-electron chi connectivity index (χ4n) is 5.26. The van der Waals surface area contributed by atoms with E-state index in [9.17, 15) is 23.1 Å². The summed E-state index contributed by atoms with van der Waals surface area (Å²) in [5.74, 6) is -2.08. The van der Waals surface area contributed by atoms with Crippen LogP contribution < -0.4 is 20.1 Å². The number of piperidine rings is 1. The third-order valence-corrected chi connectivity index (χ3v) is 7.63. The van der Waals surface area contributed by atoms with Gasteiger partial charge in [0.1, 0.15) is 29.1 Å². The number of ether oxygens (including phenoxy) is 2. The summed E-state index contributed by atoms with van der Waals surface area (Å²) in [7, 11) is 3.34. The molecular formula is C29H31F4N5O4. The fraction of sp³-hybridized carbons (Fsp3) is 0.414. The van der Waals surface area contributed by atoms with E-state index < -0.39 is 29.7 Å². The van der Waals surface area contributed by atoms with Gasteiger partial charge in [0.05, 0.1) is 18.4 Å². The van der Waals surface area contributed by atoms with E-state index in [1.807, 2.05) is 14.0 Å². The quantitative estimate of drug-likeness (QED) is 0.239. The lowest BCUT2D eigenvalue weighted by molar-refractivity contribution is -0.139. The molecule has 1 saturated heterocycles. The average Bonchev–Trinajstić information content (AvgIpc) is 3.33. The zero-order chi connectivity index (χ0) is 30.2. The number of nitrogens with one attached hydrogen (secondary N) is 2. The Labute approximate surface area is 239 Å². The number of fused-ring (bicyclic) bond motifs is 1. The first-order valence-electron chi connectivity index (χ1n) is 13.5. The van der Waals surface area contributed by atoms with Crippen LogP contribution in [0.25, 0.3) is 0 Å². The average molecular weight is 590 g/mol. The van der Waals surface area contributed by atoms with Crippen LogP contribution in [0.15, 0.2) is 30.5 Å². The number of carbonyl (C=O) groups excluding carboxylic acids is 1. The number of halogens is 4. The molecule has 1 atom stereocenters. The van der Waals surface area contributed by atoms with Gasteiger partial charge in [-0.05, 0) is 69.6 Å². The molecule has 1 aliphatic carbocycles. The first-order valence-corrected chi connectivity index (χ1v) is 13.5. The number of nitrogens with zero attached hydrogens (tertiary/aromatic N) is 3. The van der Waals surface area contributed by atoms with E-state index in [1.54, 1.807) is 6.07 Å². The first-order chi connectivity index (χ1) is 19.9. The van der Waals surface area contributed by atoms with Gasteiger partial charge in [-0.25, -0.2) is 9.37 Å². The van der Waals surface area contributed by atoms with Gasteiger partial charge >= 0.3 is 6.18 Å². The van der Waals surface area contributed by atoms with E-state index in [2.05, 4.69) is 25.5 Å². The highest BCUT2D eigenvalue weighted by Crippen LogP contribution is 2.41. The first kappa shape index (κ1) is 29.7. The Morgan fingerprint density at radius 2 is 1.88 bits per heavy atom. The van der Waals surface area contributed by atoms with Crippen LogP contribution in [0, 0.1) is 12.7 Å². The minimum atomic E-state index is -4.85. The number of rotatable bonds is 8. The Morgan fingerprint density at radius 3 is 2.57 bits per heavy atom. The minimum Gasteiger partial charge on any atom is -0.495 e. The highest BCUT2D eigenvalue weighted by atomic mass is 19.4. The molecule has 2 aromatic carbocycles. The summed E-state index contributed by atoms with van der Waals surface area (Å²) >= 11 is 0. The number of methoxy groups -OCH3 is 1. The van der Waals surface area contributed by atoms with E-state index >= 15 is 4.39 Å². The normalized spacial score (nSPS) is 16.8. The predicted octanol–water partition coefficient (Wildman–Crippen LogP) is 5.29. The van der Waals surface area contributed by atoms with Crippen molar-refractivity contribution >= 4 is 17.4 Å². The Hall–Kier alpha value is -3.81. The van der Waals surface area contributed by atoms with Crippen LogP contribution in [0.5, 0.6) is 17.4 Å². The number of Topliss-reactive ketones (excluding diaryl/α,β-unsaturated/α-hetero) is 1. The summed E-state index contributed by atoms with van der Waals surface area (Å²) in [5.41, 5.74) is 0.529. The van der Waals surface area contributed by atoms with Gasteiger partial charge in [0.25, 0.3) is 0 Å². The standard InChI is InChI=1S/C29H31F4N5O4/c1-15-4-7-23(25-17(15)5-6-22(25)39)42-27-19(29(31,32)33)14-34-28(37-27)36-21-13-20(30)18(12-24(21)41-3)26(40)35-16-8-10-38(2)11-9-16/h4,7,12-14,16,26,35,40H,5-6,8-11H2,1-3H3,(H,34,36,37). The zero-order valence-corrected chi connectivity index (χ0v) is 23.3. The smallest absolute Gasteiger partial charge is 0.423 e. The number of alkyl halides is 3.